The van der Waals surface area contributed by atoms with Crippen molar-refractivity contribution in [1.82, 2.24) is 9.55 Å². The van der Waals surface area contributed by atoms with Crippen molar-refractivity contribution in [2.24, 2.45) is 0 Å². The van der Waals surface area contributed by atoms with Gasteiger partial charge in [0, 0.05) is 13.0 Å². The molecule has 0 spiro atoms. The van der Waals surface area contributed by atoms with Crippen molar-refractivity contribution >= 4 is 17.0 Å². The average molecular weight is 286 g/mol. The first kappa shape index (κ1) is 14.4. The Balaban J connectivity index is 2.08. The van der Waals surface area contributed by atoms with E-state index in [-0.39, 0.29) is 12.0 Å². The third-order valence-corrected chi connectivity index (χ3v) is 2.99. The van der Waals surface area contributed by atoms with Gasteiger partial charge >= 0.3 is 12.1 Å². The summed E-state index contributed by atoms with van der Waals surface area (Å²) in [6.45, 7) is 0.385. The maximum Gasteiger partial charge on any atom is 0.389 e. The van der Waals surface area contributed by atoms with Crippen LogP contribution in [0.4, 0.5) is 13.2 Å². The van der Waals surface area contributed by atoms with Gasteiger partial charge in [-0.3, -0.25) is 0 Å². The molecule has 4 nitrogen and oxygen atoms in total. The van der Waals surface area contributed by atoms with Gasteiger partial charge in [0.1, 0.15) is 5.52 Å². The molecule has 0 saturated carbocycles. The van der Waals surface area contributed by atoms with Gasteiger partial charge in [-0.1, -0.05) is 6.07 Å². The summed E-state index contributed by atoms with van der Waals surface area (Å²) < 4.78 is 37.8. The Morgan fingerprint density at radius 2 is 2.05 bits per heavy atom. The van der Waals surface area contributed by atoms with E-state index >= 15 is 0 Å². The molecule has 0 radical (unpaired) electrons. The Kier molecular flexibility index (Phi) is 3.96. The molecule has 0 aliphatic heterocycles. The van der Waals surface area contributed by atoms with Crippen molar-refractivity contribution in [1.29, 1.82) is 0 Å². The van der Waals surface area contributed by atoms with E-state index in [1.165, 1.54) is 12.4 Å². The summed E-state index contributed by atoms with van der Waals surface area (Å²) in [5.74, 6) is -1.07. The van der Waals surface area contributed by atoms with Crippen LogP contribution in [0.2, 0.25) is 0 Å². The molecule has 0 aliphatic rings. The monoisotopic (exact) mass is 286 g/mol. The summed E-state index contributed by atoms with van der Waals surface area (Å²) in [5.41, 5.74) is 1.07. The number of aromatic nitrogens is 2. The molecule has 1 heterocycles. The summed E-state index contributed by atoms with van der Waals surface area (Å²) in [4.78, 5) is 15.0. The summed E-state index contributed by atoms with van der Waals surface area (Å²) in [6, 6.07) is 4.75. The Bertz CT molecular complexity index is 620. The zero-order valence-corrected chi connectivity index (χ0v) is 10.5. The van der Waals surface area contributed by atoms with Crippen molar-refractivity contribution < 1.29 is 23.1 Å². The van der Waals surface area contributed by atoms with E-state index in [1.54, 1.807) is 16.7 Å². The van der Waals surface area contributed by atoms with Gasteiger partial charge in [-0.25, -0.2) is 9.78 Å². The number of benzene rings is 1. The van der Waals surface area contributed by atoms with Crippen molar-refractivity contribution in [2.75, 3.05) is 0 Å². The van der Waals surface area contributed by atoms with Crippen LogP contribution >= 0.6 is 0 Å². The normalized spacial score (nSPS) is 11.9. The average Bonchev–Trinajstić information content (AvgIpc) is 2.76. The van der Waals surface area contributed by atoms with E-state index in [2.05, 4.69) is 4.98 Å². The second-order valence-electron chi connectivity index (χ2n) is 4.49. The number of halogens is 3. The number of hydrogen-bond acceptors (Lipinski definition) is 2. The topological polar surface area (TPSA) is 55.1 Å². The van der Waals surface area contributed by atoms with Gasteiger partial charge < -0.3 is 9.67 Å². The lowest BCUT2D eigenvalue weighted by Crippen LogP contribution is -2.07. The molecule has 0 unspecified atom stereocenters. The lowest BCUT2D eigenvalue weighted by molar-refractivity contribution is -0.135. The number of nitrogens with zero attached hydrogens (tertiary/aromatic N) is 2. The molecule has 2 rings (SSSR count). The standard InChI is InChI=1S/C13H13F3N2O2/c14-13(15,16)6-1-2-7-18-8-17-11-9(12(19)20)4-3-5-10(11)18/h3-5,8H,1-2,6-7H2,(H,19,20). The van der Waals surface area contributed by atoms with Crippen molar-refractivity contribution in [3.05, 3.63) is 30.1 Å². The van der Waals surface area contributed by atoms with Gasteiger partial charge in [0.05, 0.1) is 17.4 Å². The molecule has 108 valence electrons. The van der Waals surface area contributed by atoms with E-state index in [4.69, 9.17) is 5.11 Å². The maximum absolute atomic E-state index is 12.0. The van der Waals surface area contributed by atoms with Crippen LogP contribution in [0, 0.1) is 0 Å². The van der Waals surface area contributed by atoms with Crippen LogP contribution in [-0.4, -0.2) is 26.8 Å². The van der Waals surface area contributed by atoms with Gasteiger partial charge in [0.25, 0.3) is 0 Å². The van der Waals surface area contributed by atoms with Crippen LogP contribution in [0.25, 0.3) is 11.0 Å². The van der Waals surface area contributed by atoms with E-state index in [1.807, 2.05) is 0 Å². The first-order valence-corrected chi connectivity index (χ1v) is 6.12. The van der Waals surface area contributed by atoms with E-state index in [0.29, 0.717) is 24.0 Å². The predicted molar refractivity (Wildman–Crippen MR) is 66.6 cm³/mol. The summed E-state index contributed by atoms with van der Waals surface area (Å²) in [5, 5.41) is 9.02. The molecule has 0 bridgehead atoms. The summed E-state index contributed by atoms with van der Waals surface area (Å²) in [6.07, 6.45) is -3.07. The van der Waals surface area contributed by atoms with E-state index in [9.17, 15) is 18.0 Å². The minimum Gasteiger partial charge on any atom is -0.478 e. The zero-order chi connectivity index (χ0) is 14.8. The van der Waals surface area contributed by atoms with Crippen LogP contribution in [0.15, 0.2) is 24.5 Å². The number of aromatic carboxylic acids is 1. The third-order valence-electron chi connectivity index (χ3n) is 2.99. The fourth-order valence-corrected chi connectivity index (χ4v) is 2.05. The third kappa shape index (κ3) is 3.28. The Morgan fingerprint density at radius 3 is 2.70 bits per heavy atom. The number of carbonyl (C=O) groups is 1. The highest BCUT2D eigenvalue weighted by molar-refractivity contribution is 6.00. The van der Waals surface area contributed by atoms with Crippen LogP contribution in [0.3, 0.4) is 0 Å². The number of carboxylic acids is 1. The number of alkyl halides is 3. The molecule has 7 heteroatoms. The first-order valence-electron chi connectivity index (χ1n) is 6.12. The molecule has 1 aromatic carbocycles. The first-order chi connectivity index (χ1) is 9.38. The molecule has 1 N–H and O–H groups in total. The SMILES string of the molecule is O=C(O)c1cccc2c1ncn2CCCCC(F)(F)F. The zero-order valence-electron chi connectivity index (χ0n) is 10.5. The fourth-order valence-electron chi connectivity index (χ4n) is 2.05. The molecule has 0 atom stereocenters. The summed E-state index contributed by atoms with van der Waals surface area (Å²) >= 11 is 0. The van der Waals surface area contributed by atoms with Gasteiger partial charge in [-0.05, 0) is 25.0 Å². The maximum atomic E-state index is 12.0. The number of para-hydroxylation sites is 1. The number of rotatable bonds is 5. The number of hydrogen-bond donors (Lipinski definition) is 1. The molecular weight excluding hydrogens is 273 g/mol. The molecule has 0 amide bonds. The molecule has 0 fully saturated rings. The fraction of sp³-hybridized carbons (Fsp3) is 0.385. The minimum atomic E-state index is -4.13. The van der Waals surface area contributed by atoms with Crippen LogP contribution in [-0.2, 0) is 6.54 Å². The van der Waals surface area contributed by atoms with Crippen LogP contribution in [0.5, 0.6) is 0 Å². The smallest absolute Gasteiger partial charge is 0.389 e. The number of unbranched alkanes of at least 4 members (excludes halogenated alkanes) is 1. The van der Waals surface area contributed by atoms with Crippen molar-refractivity contribution in [3.8, 4) is 0 Å². The molecular formula is C13H13F3N2O2. The van der Waals surface area contributed by atoms with E-state index < -0.39 is 18.6 Å². The van der Waals surface area contributed by atoms with Crippen molar-refractivity contribution in [2.45, 2.75) is 32.0 Å². The second-order valence-corrected chi connectivity index (χ2v) is 4.49. The quantitative estimate of drug-likeness (QED) is 0.856. The van der Waals surface area contributed by atoms with Gasteiger partial charge in [0.2, 0.25) is 0 Å². The minimum absolute atomic E-state index is 0.0434. The number of aryl methyl sites for hydroxylation is 1. The largest absolute Gasteiger partial charge is 0.478 e. The second kappa shape index (κ2) is 5.52. The highest BCUT2D eigenvalue weighted by atomic mass is 19.4. The number of imidazole rings is 1. The number of carboxylic acid groups (broad SMARTS) is 1. The molecule has 0 saturated heterocycles. The van der Waals surface area contributed by atoms with Crippen LogP contribution < -0.4 is 0 Å². The van der Waals surface area contributed by atoms with Crippen molar-refractivity contribution in [3.63, 3.8) is 0 Å². The van der Waals surface area contributed by atoms with Gasteiger partial charge in [-0.2, -0.15) is 13.2 Å². The molecule has 20 heavy (non-hydrogen) atoms. The molecule has 0 aliphatic carbocycles. The van der Waals surface area contributed by atoms with Crippen LogP contribution in [0.1, 0.15) is 29.6 Å². The van der Waals surface area contributed by atoms with Gasteiger partial charge in [-0.15, -0.1) is 0 Å². The Hall–Kier alpha value is -2.05. The molecule has 1 aromatic heterocycles. The highest BCUT2D eigenvalue weighted by Crippen LogP contribution is 2.23. The predicted octanol–water partition coefficient (Wildman–Crippen LogP) is 3.47. The lowest BCUT2D eigenvalue weighted by atomic mass is 10.2. The Labute approximate surface area is 112 Å². The number of fused-ring (bicyclic) bond motifs is 1. The highest BCUT2D eigenvalue weighted by Gasteiger charge is 2.25. The van der Waals surface area contributed by atoms with E-state index in [0.717, 1.165) is 0 Å². The Morgan fingerprint density at radius 1 is 1.30 bits per heavy atom. The molecule has 2 aromatic rings. The van der Waals surface area contributed by atoms with Gasteiger partial charge in [0.15, 0.2) is 0 Å². The lowest BCUT2D eigenvalue weighted by Gasteiger charge is -2.07. The summed E-state index contributed by atoms with van der Waals surface area (Å²) in [7, 11) is 0.